The highest BCUT2D eigenvalue weighted by molar-refractivity contribution is 8.00. The molecule has 92 valence electrons. The predicted octanol–water partition coefficient (Wildman–Crippen LogP) is 3.01. The van der Waals surface area contributed by atoms with Crippen LogP contribution in [0.4, 0.5) is 5.13 Å². The van der Waals surface area contributed by atoms with E-state index >= 15 is 0 Å². The molecule has 0 aliphatic heterocycles. The molecule has 0 aliphatic rings. The molecule has 0 saturated heterocycles. The van der Waals surface area contributed by atoms with Crippen molar-refractivity contribution in [2.24, 2.45) is 0 Å². The van der Waals surface area contributed by atoms with Gasteiger partial charge in [-0.05, 0) is 12.1 Å². The van der Waals surface area contributed by atoms with Crippen LogP contribution in [0.15, 0.2) is 33.0 Å². The molecule has 0 amide bonds. The van der Waals surface area contributed by atoms with Gasteiger partial charge in [0.15, 0.2) is 9.92 Å². The summed E-state index contributed by atoms with van der Waals surface area (Å²) in [6.07, 6.45) is 0. The van der Waals surface area contributed by atoms with E-state index in [9.17, 15) is 0 Å². The summed E-state index contributed by atoms with van der Waals surface area (Å²) in [4.78, 5) is 4.41. The first kappa shape index (κ1) is 11.5. The number of benzene rings is 1. The third-order valence-electron chi connectivity index (χ3n) is 2.28. The standard InChI is InChI=1S/C11H10N4OS2/c1-12-10-14-15-11(18-10)17-6-9-13-7-4-2-3-5-8(7)16-9/h2-5H,6H2,1H3,(H,12,14). The number of oxazole rings is 1. The predicted molar refractivity (Wildman–Crippen MR) is 73.0 cm³/mol. The van der Waals surface area contributed by atoms with Gasteiger partial charge in [-0.2, -0.15) is 0 Å². The summed E-state index contributed by atoms with van der Waals surface area (Å²) in [6, 6.07) is 7.75. The molecule has 0 bridgehead atoms. The highest BCUT2D eigenvalue weighted by atomic mass is 32.2. The van der Waals surface area contributed by atoms with E-state index in [2.05, 4.69) is 20.5 Å². The van der Waals surface area contributed by atoms with Crippen LogP contribution in [0.1, 0.15) is 5.89 Å². The SMILES string of the molecule is CNc1nnc(SCc2nc3ccccc3o2)s1. The van der Waals surface area contributed by atoms with E-state index in [1.807, 2.05) is 31.3 Å². The maximum atomic E-state index is 5.63. The van der Waals surface area contributed by atoms with Crippen LogP contribution in [0.3, 0.4) is 0 Å². The molecule has 0 aliphatic carbocycles. The van der Waals surface area contributed by atoms with Gasteiger partial charge in [0.1, 0.15) is 5.52 Å². The van der Waals surface area contributed by atoms with Gasteiger partial charge >= 0.3 is 0 Å². The summed E-state index contributed by atoms with van der Waals surface area (Å²) in [7, 11) is 1.83. The Morgan fingerprint density at radius 1 is 1.33 bits per heavy atom. The molecule has 0 saturated carbocycles. The maximum absolute atomic E-state index is 5.63. The van der Waals surface area contributed by atoms with Gasteiger partial charge < -0.3 is 9.73 Å². The highest BCUT2D eigenvalue weighted by Gasteiger charge is 2.08. The van der Waals surface area contributed by atoms with Crippen LogP contribution in [0.2, 0.25) is 0 Å². The number of thioether (sulfide) groups is 1. The van der Waals surface area contributed by atoms with E-state index in [1.54, 1.807) is 11.8 Å². The molecule has 0 fully saturated rings. The quantitative estimate of drug-likeness (QED) is 0.740. The Hall–Kier alpha value is -1.60. The van der Waals surface area contributed by atoms with Crippen LogP contribution in [-0.4, -0.2) is 22.2 Å². The van der Waals surface area contributed by atoms with Crippen molar-refractivity contribution in [1.82, 2.24) is 15.2 Å². The largest absolute Gasteiger partial charge is 0.440 e. The molecule has 0 unspecified atom stereocenters. The molecule has 0 spiro atoms. The Morgan fingerprint density at radius 3 is 3.00 bits per heavy atom. The minimum Gasteiger partial charge on any atom is -0.440 e. The van der Waals surface area contributed by atoms with Crippen molar-refractivity contribution in [3.63, 3.8) is 0 Å². The zero-order chi connectivity index (χ0) is 12.4. The summed E-state index contributed by atoms with van der Waals surface area (Å²) in [5.74, 6) is 1.37. The van der Waals surface area contributed by atoms with Crippen molar-refractivity contribution in [3.05, 3.63) is 30.2 Å². The van der Waals surface area contributed by atoms with Gasteiger partial charge in [0, 0.05) is 7.05 Å². The number of para-hydroxylation sites is 2. The molecule has 5 nitrogen and oxygen atoms in total. The van der Waals surface area contributed by atoms with Gasteiger partial charge in [0.25, 0.3) is 0 Å². The van der Waals surface area contributed by atoms with Crippen molar-refractivity contribution in [2.45, 2.75) is 10.1 Å². The number of nitrogens with one attached hydrogen (secondary N) is 1. The number of hydrogen-bond acceptors (Lipinski definition) is 7. The first-order valence-corrected chi connectivity index (χ1v) is 7.14. The Morgan fingerprint density at radius 2 is 2.22 bits per heavy atom. The van der Waals surface area contributed by atoms with E-state index in [4.69, 9.17) is 4.42 Å². The zero-order valence-electron chi connectivity index (χ0n) is 9.58. The van der Waals surface area contributed by atoms with Gasteiger partial charge in [-0.1, -0.05) is 35.2 Å². The molecule has 18 heavy (non-hydrogen) atoms. The van der Waals surface area contributed by atoms with Crippen molar-refractivity contribution >= 4 is 39.3 Å². The first-order valence-electron chi connectivity index (χ1n) is 5.33. The number of rotatable bonds is 4. The van der Waals surface area contributed by atoms with E-state index in [-0.39, 0.29) is 0 Å². The van der Waals surface area contributed by atoms with Crippen molar-refractivity contribution < 1.29 is 4.42 Å². The molecule has 2 aromatic heterocycles. The van der Waals surface area contributed by atoms with Gasteiger partial charge in [-0.15, -0.1) is 10.2 Å². The smallest absolute Gasteiger partial charge is 0.206 e. The molecule has 2 heterocycles. The fraction of sp³-hybridized carbons (Fsp3) is 0.182. The maximum Gasteiger partial charge on any atom is 0.206 e. The van der Waals surface area contributed by atoms with Crippen LogP contribution in [-0.2, 0) is 5.75 Å². The average Bonchev–Trinajstić information content (AvgIpc) is 3.02. The van der Waals surface area contributed by atoms with Crippen LogP contribution >= 0.6 is 23.1 Å². The van der Waals surface area contributed by atoms with E-state index < -0.39 is 0 Å². The van der Waals surface area contributed by atoms with E-state index in [1.165, 1.54) is 11.3 Å². The van der Waals surface area contributed by atoms with Crippen LogP contribution in [0.25, 0.3) is 11.1 Å². The summed E-state index contributed by atoms with van der Waals surface area (Å²) in [5.41, 5.74) is 1.71. The molecule has 1 aromatic carbocycles. The second-order valence-electron chi connectivity index (χ2n) is 3.49. The molecule has 3 aromatic rings. The minimum absolute atomic E-state index is 0.660. The fourth-order valence-corrected chi connectivity index (χ4v) is 3.02. The summed E-state index contributed by atoms with van der Waals surface area (Å²) in [6.45, 7) is 0. The van der Waals surface area contributed by atoms with Gasteiger partial charge in [0.05, 0.1) is 5.75 Å². The first-order chi connectivity index (χ1) is 8.85. The number of aromatic nitrogens is 3. The van der Waals surface area contributed by atoms with E-state index in [0.717, 1.165) is 20.6 Å². The third kappa shape index (κ3) is 2.32. The molecule has 0 radical (unpaired) electrons. The van der Waals surface area contributed by atoms with Gasteiger partial charge in [0.2, 0.25) is 11.0 Å². The van der Waals surface area contributed by atoms with Gasteiger partial charge in [-0.25, -0.2) is 4.98 Å². The number of hydrogen-bond donors (Lipinski definition) is 1. The second-order valence-corrected chi connectivity index (χ2v) is 5.69. The summed E-state index contributed by atoms with van der Waals surface area (Å²) in [5, 5.41) is 11.8. The topological polar surface area (TPSA) is 63.8 Å². The Labute approximate surface area is 112 Å². The lowest BCUT2D eigenvalue weighted by Gasteiger charge is -1.90. The molecule has 3 rings (SSSR count). The van der Waals surface area contributed by atoms with Crippen LogP contribution < -0.4 is 5.32 Å². The Balaban J connectivity index is 1.72. The minimum atomic E-state index is 0.660. The Bertz CT molecular complexity index is 631. The second kappa shape index (κ2) is 4.95. The monoisotopic (exact) mass is 278 g/mol. The third-order valence-corrected chi connectivity index (χ3v) is 4.34. The van der Waals surface area contributed by atoms with Crippen LogP contribution in [0.5, 0.6) is 0 Å². The molecule has 7 heteroatoms. The number of fused-ring (bicyclic) bond motifs is 1. The normalized spacial score (nSPS) is 10.9. The fourth-order valence-electron chi connectivity index (χ4n) is 1.47. The van der Waals surface area contributed by atoms with Crippen molar-refractivity contribution in [3.8, 4) is 0 Å². The van der Waals surface area contributed by atoms with Gasteiger partial charge in [-0.3, -0.25) is 0 Å². The Kier molecular flexibility index (Phi) is 3.16. The lowest BCUT2D eigenvalue weighted by Crippen LogP contribution is -1.84. The lowest BCUT2D eigenvalue weighted by atomic mass is 10.3. The summed E-state index contributed by atoms with van der Waals surface area (Å²) < 4.78 is 6.54. The van der Waals surface area contributed by atoms with E-state index in [0.29, 0.717) is 11.6 Å². The summed E-state index contributed by atoms with van der Waals surface area (Å²) >= 11 is 3.09. The van der Waals surface area contributed by atoms with Crippen LogP contribution in [0, 0.1) is 0 Å². The number of anilines is 1. The average molecular weight is 278 g/mol. The molecular weight excluding hydrogens is 268 g/mol. The molecule has 0 atom stereocenters. The van der Waals surface area contributed by atoms with Crippen molar-refractivity contribution in [1.29, 1.82) is 0 Å². The van der Waals surface area contributed by atoms with Crippen molar-refractivity contribution in [2.75, 3.05) is 12.4 Å². The molecule has 1 N–H and O–H groups in total. The molecular formula is C11H10N4OS2. The number of nitrogens with zero attached hydrogens (tertiary/aromatic N) is 3. The lowest BCUT2D eigenvalue weighted by molar-refractivity contribution is 0.556. The highest BCUT2D eigenvalue weighted by Crippen LogP contribution is 2.28. The zero-order valence-corrected chi connectivity index (χ0v) is 11.2.